The number of halogens is 3. The Balaban J connectivity index is 1.43. The Morgan fingerprint density at radius 1 is 0.925 bits per heavy atom. The van der Waals surface area contributed by atoms with Crippen LogP contribution in [0, 0.1) is 0 Å². The summed E-state index contributed by atoms with van der Waals surface area (Å²) in [7, 11) is 0. The summed E-state index contributed by atoms with van der Waals surface area (Å²) in [5, 5.41) is 5.38. The van der Waals surface area contributed by atoms with Gasteiger partial charge in [-0.25, -0.2) is 9.78 Å². The standard InChI is InChI=1S/C30H20F3N3O4/c31-30(32,33)21-10-6-11-22(16-21)36(34-18-20-8-2-1-3-9-20)28(37)19-40-29(38)24-17-26(27-14-7-15-39-27)35-25-13-5-4-12-23(24)25/h1-18H,19H2/b34-18-. The number of anilines is 1. The second-order valence-corrected chi connectivity index (χ2v) is 8.53. The van der Waals surface area contributed by atoms with Crippen LogP contribution in [0.4, 0.5) is 18.9 Å². The lowest BCUT2D eigenvalue weighted by atomic mass is 10.1. The molecule has 0 aliphatic carbocycles. The molecule has 5 rings (SSSR count). The van der Waals surface area contributed by atoms with Gasteiger partial charge in [0.05, 0.1) is 34.8 Å². The Hall–Kier alpha value is -5.25. The fourth-order valence-electron chi connectivity index (χ4n) is 3.91. The van der Waals surface area contributed by atoms with Crippen LogP contribution in [0.25, 0.3) is 22.4 Å². The summed E-state index contributed by atoms with van der Waals surface area (Å²) >= 11 is 0. The van der Waals surface area contributed by atoms with Crippen LogP contribution in [0.15, 0.2) is 113 Å². The number of furan rings is 1. The van der Waals surface area contributed by atoms with Gasteiger partial charge in [0.1, 0.15) is 5.69 Å². The first kappa shape index (κ1) is 26.4. The number of aromatic nitrogens is 1. The molecule has 0 spiro atoms. The van der Waals surface area contributed by atoms with Crippen LogP contribution in [-0.4, -0.2) is 29.7 Å². The van der Waals surface area contributed by atoms with Crippen LogP contribution in [-0.2, 0) is 15.7 Å². The van der Waals surface area contributed by atoms with Crippen molar-refractivity contribution in [3.05, 3.63) is 120 Å². The first-order valence-corrected chi connectivity index (χ1v) is 12.0. The summed E-state index contributed by atoms with van der Waals surface area (Å²) in [4.78, 5) is 30.9. The summed E-state index contributed by atoms with van der Waals surface area (Å²) < 4.78 is 50.8. The highest BCUT2D eigenvalue weighted by Crippen LogP contribution is 2.32. The van der Waals surface area contributed by atoms with Crippen LogP contribution < -0.4 is 5.01 Å². The molecule has 0 atom stereocenters. The number of carbonyl (C=O) groups excluding carboxylic acids is 2. The number of para-hydroxylation sites is 1. The van der Waals surface area contributed by atoms with Gasteiger partial charge in [-0.3, -0.25) is 4.79 Å². The highest BCUT2D eigenvalue weighted by Gasteiger charge is 2.31. The topological polar surface area (TPSA) is 85.0 Å². The Labute approximate surface area is 226 Å². The van der Waals surface area contributed by atoms with Crippen molar-refractivity contribution in [2.75, 3.05) is 11.6 Å². The molecule has 0 N–H and O–H groups in total. The summed E-state index contributed by atoms with van der Waals surface area (Å²) in [5.41, 5.74) is 0.551. The first-order chi connectivity index (χ1) is 19.3. The van der Waals surface area contributed by atoms with E-state index >= 15 is 0 Å². The second-order valence-electron chi connectivity index (χ2n) is 8.53. The van der Waals surface area contributed by atoms with Crippen LogP contribution in [0.1, 0.15) is 21.5 Å². The Kier molecular flexibility index (Phi) is 7.41. The maximum atomic E-state index is 13.4. The highest BCUT2D eigenvalue weighted by atomic mass is 19.4. The monoisotopic (exact) mass is 543 g/mol. The minimum atomic E-state index is -4.63. The predicted octanol–water partition coefficient (Wildman–Crippen LogP) is 6.74. The van der Waals surface area contributed by atoms with Crippen molar-refractivity contribution in [3.63, 3.8) is 0 Å². The number of alkyl halides is 3. The molecule has 0 aliphatic rings. The molecule has 1 amide bonds. The molecule has 10 heteroatoms. The maximum absolute atomic E-state index is 13.4. The van der Waals surface area contributed by atoms with Crippen molar-refractivity contribution < 1.29 is 31.9 Å². The van der Waals surface area contributed by atoms with E-state index in [1.165, 1.54) is 30.7 Å². The van der Waals surface area contributed by atoms with Crippen LogP contribution in [0.3, 0.4) is 0 Å². The molecule has 0 saturated carbocycles. The molecule has 0 bridgehead atoms. The van der Waals surface area contributed by atoms with Crippen molar-refractivity contribution in [1.29, 1.82) is 0 Å². The van der Waals surface area contributed by atoms with E-state index in [0.717, 1.165) is 17.1 Å². The number of carbonyl (C=O) groups is 2. The third-order valence-electron chi connectivity index (χ3n) is 5.81. The Morgan fingerprint density at radius 3 is 2.45 bits per heavy atom. The lowest BCUT2D eigenvalue weighted by Crippen LogP contribution is -2.31. The molecular formula is C30H20F3N3O4. The number of amides is 1. The zero-order valence-electron chi connectivity index (χ0n) is 20.7. The van der Waals surface area contributed by atoms with E-state index in [1.54, 1.807) is 66.7 Å². The van der Waals surface area contributed by atoms with Crippen LogP contribution in [0.2, 0.25) is 0 Å². The third kappa shape index (κ3) is 5.91. The number of ether oxygens (including phenoxy) is 1. The van der Waals surface area contributed by atoms with Crippen molar-refractivity contribution in [2.24, 2.45) is 5.10 Å². The van der Waals surface area contributed by atoms with Crippen molar-refractivity contribution in [3.8, 4) is 11.5 Å². The SMILES string of the molecule is O=C(OCC(=O)N(/N=C\c1ccccc1)c1cccc(C(F)(F)F)c1)c1cc(-c2ccco2)nc2ccccc12. The molecule has 5 aromatic rings. The summed E-state index contributed by atoms with van der Waals surface area (Å²) in [6, 6.07) is 24.6. The number of hydrogen-bond acceptors (Lipinski definition) is 6. The van der Waals surface area contributed by atoms with Gasteiger partial charge in [-0.2, -0.15) is 23.3 Å². The van der Waals surface area contributed by atoms with Gasteiger partial charge in [-0.05, 0) is 48.0 Å². The first-order valence-electron chi connectivity index (χ1n) is 12.0. The average Bonchev–Trinajstić information content (AvgIpc) is 3.51. The molecule has 0 saturated heterocycles. The van der Waals surface area contributed by atoms with Crippen molar-refractivity contribution >= 4 is 34.7 Å². The molecule has 200 valence electrons. The third-order valence-corrected chi connectivity index (χ3v) is 5.81. The number of hydrazone groups is 1. The summed E-state index contributed by atoms with van der Waals surface area (Å²) in [5.74, 6) is -1.25. The molecule has 0 radical (unpaired) electrons. The van der Waals surface area contributed by atoms with E-state index in [1.807, 2.05) is 0 Å². The fraction of sp³-hybridized carbons (Fsp3) is 0.0667. The Morgan fingerprint density at radius 2 is 1.70 bits per heavy atom. The molecule has 0 unspecified atom stereocenters. The fourth-order valence-corrected chi connectivity index (χ4v) is 3.91. The largest absolute Gasteiger partial charge is 0.463 e. The normalized spacial score (nSPS) is 11.6. The number of esters is 1. The van der Waals surface area contributed by atoms with Gasteiger partial charge < -0.3 is 9.15 Å². The summed E-state index contributed by atoms with van der Waals surface area (Å²) in [6.45, 7) is -0.784. The lowest BCUT2D eigenvalue weighted by molar-refractivity contribution is -0.137. The Bertz CT molecular complexity index is 1680. The van der Waals surface area contributed by atoms with Gasteiger partial charge in [0.2, 0.25) is 0 Å². The van der Waals surface area contributed by atoms with Gasteiger partial charge in [0.25, 0.3) is 5.91 Å². The zero-order valence-corrected chi connectivity index (χ0v) is 20.7. The zero-order chi connectivity index (χ0) is 28.1. The number of hydrogen-bond donors (Lipinski definition) is 0. The molecule has 40 heavy (non-hydrogen) atoms. The number of pyridine rings is 1. The number of nitrogens with zero attached hydrogens (tertiary/aromatic N) is 3. The quantitative estimate of drug-likeness (QED) is 0.129. The number of rotatable bonds is 7. The average molecular weight is 544 g/mol. The van der Waals surface area contributed by atoms with Crippen molar-refractivity contribution in [2.45, 2.75) is 6.18 Å². The van der Waals surface area contributed by atoms with Gasteiger partial charge in [-0.1, -0.05) is 54.6 Å². The molecule has 0 aliphatic heterocycles. The minimum absolute atomic E-state index is 0.141. The van der Waals surface area contributed by atoms with Crippen LogP contribution in [0.5, 0.6) is 0 Å². The molecule has 2 heterocycles. The van der Waals surface area contributed by atoms with Gasteiger partial charge in [0, 0.05) is 5.39 Å². The predicted molar refractivity (Wildman–Crippen MR) is 143 cm³/mol. The van der Waals surface area contributed by atoms with E-state index in [0.29, 0.717) is 27.9 Å². The minimum Gasteiger partial charge on any atom is -0.463 e. The van der Waals surface area contributed by atoms with Gasteiger partial charge in [0.15, 0.2) is 12.4 Å². The van der Waals surface area contributed by atoms with E-state index in [2.05, 4.69) is 10.1 Å². The molecule has 0 fully saturated rings. The molecule has 7 nitrogen and oxygen atoms in total. The van der Waals surface area contributed by atoms with E-state index < -0.39 is 30.2 Å². The highest BCUT2D eigenvalue weighted by molar-refractivity contribution is 6.05. The molecule has 3 aromatic carbocycles. The lowest BCUT2D eigenvalue weighted by Gasteiger charge is -2.19. The molecular weight excluding hydrogens is 523 g/mol. The smallest absolute Gasteiger partial charge is 0.416 e. The van der Waals surface area contributed by atoms with Crippen molar-refractivity contribution in [1.82, 2.24) is 4.98 Å². The summed E-state index contributed by atoms with van der Waals surface area (Å²) in [6.07, 6.45) is -1.83. The van der Waals surface area contributed by atoms with Gasteiger partial charge in [-0.15, -0.1) is 0 Å². The van der Waals surface area contributed by atoms with E-state index in [9.17, 15) is 22.8 Å². The van der Waals surface area contributed by atoms with E-state index in [-0.39, 0.29) is 11.3 Å². The van der Waals surface area contributed by atoms with Crippen LogP contribution >= 0.6 is 0 Å². The number of fused-ring (bicyclic) bond motifs is 1. The number of benzene rings is 3. The maximum Gasteiger partial charge on any atom is 0.416 e. The van der Waals surface area contributed by atoms with Gasteiger partial charge >= 0.3 is 12.1 Å². The van der Waals surface area contributed by atoms with E-state index in [4.69, 9.17) is 9.15 Å². The molecule has 2 aromatic heterocycles. The second kappa shape index (κ2) is 11.2.